The molecule has 106 valence electrons. The van der Waals surface area contributed by atoms with Crippen molar-refractivity contribution in [3.63, 3.8) is 0 Å². The minimum Gasteiger partial charge on any atom is -0.353 e. The number of aliphatic imine (C=N–C) groups is 1. The molecule has 19 heavy (non-hydrogen) atoms. The summed E-state index contributed by atoms with van der Waals surface area (Å²) in [7, 11) is 1.99. The number of nitrogens with zero attached hydrogens (tertiary/aromatic N) is 3. The van der Waals surface area contributed by atoms with Crippen LogP contribution in [-0.2, 0) is 13.5 Å². The molecule has 1 aromatic heterocycles. The van der Waals surface area contributed by atoms with Gasteiger partial charge in [0.15, 0.2) is 0 Å². The van der Waals surface area contributed by atoms with Crippen LogP contribution in [0.15, 0.2) is 17.4 Å². The van der Waals surface area contributed by atoms with Crippen molar-refractivity contribution in [3.05, 3.63) is 18.2 Å². The van der Waals surface area contributed by atoms with E-state index in [1.165, 1.54) is 32.1 Å². The van der Waals surface area contributed by atoms with E-state index in [2.05, 4.69) is 20.7 Å². The van der Waals surface area contributed by atoms with Gasteiger partial charge in [-0.1, -0.05) is 19.3 Å². The molecule has 0 aliphatic heterocycles. The molecule has 6 heteroatoms. The summed E-state index contributed by atoms with van der Waals surface area (Å²) in [6, 6.07) is 0.511. The lowest BCUT2D eigenvalue weighted by molar-refractivity contribution is 0.410. The molecule has 0 atom stereocenters. The van der Waals surface area contributed by atoms with E-state index in [1.54, 1.807) is 6.20 Å². The molecule has 4 N–H and O–H groups in total. The number of imidazole rings is 1. The molecule has 1 fully saturated rings. The Morgan fingerprint density at radius 2 is 2.26 bits per heavy atom. The third-order valence-corrected chi connectivity index (χ3v) is 3.61. The summed E-state index contributed by atoms with van der Waals surface area (Å²) in [5.41, 5.74) is 2.66. The van der Waals surface area contributed by atoms with Crippen molar-refractivity contribution in [2.75, 3.05) is 6.54 Å². The number of rotatable bonds is 4. The van der Waals surface area contributed by atoms with Crippen molar-refractivity contribution in [3.8, 4) is 0 Å². The molecule has 0 radical (unpaired) electrons. The number of nitrogens with one attached hydrogen (secondary N) is 2. The standard InChI is InChI=1S/C13H24N6/c1-19-10-9-15-12(19)7-8-16-13(18-14)17-11-5-3-2-4-6-11/h9-11H,2-8,14H2,1H3,(H2,16,17,18). The summed E-state index contributed by atoms with van der Waals surface area (Å²) in [6.07, 6.45) is 10.9. The van der Waals surface area contributed by atoms with Crippen molar-refractivity contribution < 1.29 is 0 Å². The second-order valence-electron chi connectivity index (χ2n) is 5.06. The topological polar surface area (TPSA) is 80.3 Å². The first-order chi connectivity index (χ1) is 9.29. The molecule has 0 saturated heterocycles. The summed E-state index contributed by atoms with van der Waals surface area (Å²) in [5.74, 6) is 7.25. The SMILES string of the molecule is Cn1ccnc1CCN=C(NN)NC1CCCCC1. The highest BCUT2D eigenvalue weighted by molar-refractivity contribution is 5.79. The van der Waals surface area contributed by atoms with E-state index in [0.717, 1.165) is 12.2 Å². The molecule has 0 unspecified atom stereocenters. The Labute approximate surface area is 114 Å². The summed E-state index contributed by atoms with van der Waals surface area (Å²) in [5, 5.41) is 3.39. The lowest BCUT2D eigenvalue weighted by Crippen LogP contribution is -2.47. The highest BCUT2D eigenvalue weighted by Crippen LogP contribution is 2.17. The largest absolute Gasteiger partial charge is 0.353 e. The monoisotopic (exact) mass is 264 g/mol. The van der Waals surface area contributed by atoms with Crippen LogP contribution in [0.25, 0.3) is 0 Å². The number of hydrogen-bond donors (Lipinski definition) is 3. The zero-order valence-electron chi connectivity index (χ0n) is 11.6. The molecule has 0 aromatic carbocycles. The molecule has 0 spiro atoms. The van der Waals surface area contributed by atoms with Crippen LogP contribution in [0.5, 0.6) is 0 Å². The van der Waals surface area contributed by atoms with Crippen LogP contribution in [0.2, 0.25) is 0 Å². The van der Waals surface area contributed by atoms with Crippen molar-refractivity contribution >= 4 is 5.96 Å². The number of hydrogen-bond acceptors (Lipinski definition) is 3. The van der Waals surface area contributed by atoms with Gasteiger partial charge in [-0.3, -0.25) is 10.4 Å². The van der Waals surface area contributed by atoms with Gasteiger partial charge in [0.05, 0.1) is 0 Å². The minimum atomic E-state index is 0.511. The second-order valence-corrected chi connectivity index (χ2v) is 5.06. The van der Waals surface area contributed by atoms with Crippen LogP contribution in [0, 0.1) is 0 Å². The Balaban J connectivity index is 1.79. The first-order valence-electron chi connectivity index (χ1n) is 7.03. The number of aromatic nitrogens is 2. The fourth-order valence-corrected chi connectivity index (χ4v) is 2.48. The summed E-state index contributed by atoms with van der Waals surface area (Å²) >= 11 is 0. The number of guanidine groups is 1. The van der Waals surface area contributed by atoms with E-state index in [-0.39, 0.29) is 0 Å². The maximum atomic E-state index is 5.52. The van der Waals surface area contributed by atoms with Gasteiger partial charge in [0.25, 0.3) is 0 Å². The van der Waals surface area contributed by atoms with E-state index >= 15 is 0 Å². The predicted molar refractivity (Wildman–Crippen MR) is 76.5 cm³/mol. The molecule has 0 bridgehead atoms. The van der Waals surface area contributed by atoms with Gasteiger partial charge in [-0.2, -0.15) is 0 Å². The Kier molecular flexibility index (Phi) is 5.20. The summed E-state index contributed by atoms with van der Waals surface area (Å²) in [4.78, 5) is 8.74. The summed E-state index contributed by atoms with van der Waals surface area (Å²) in [6.45, 7) is 0.685. The van der Waals surface area contributed by atoms with Crippen molar-refractivity contribution in [2.24, 2.45) is 17.9 Å². The lowest BCUT2D eigenvalue weighted by atomic mass is 9.96. The molecular formula is C13H24N6. The first kappa shape index (κ1) is 13.9. The van der Waals surface area contributed by atoms with Crippen LogP contribution >= 0.6 is 0 Å². The van der Waals surface area contributed by atoms with Crippen LogP contribution < -0.4 is 16.6 Å². The third kappa shape index (κ3) is 4.24. The normalized spacial score (nSPS) is 17.5. The molecular weight excluding hydrogens is 240 g/mol. The van der Waals surface area contributed by atoms with E-state index < -0.39 is 0 Å². The Hall–Kier alpha value is -1.56. The maximum absolute atomic E-state index is 5.52. The van der Waals surface area contributed by atoms with Gasteiger partial charge in [0, 0.05) is 38.4 Å². The van der Waals surface area contributed by atoms with Gasteiger partial charge in [-0.05, 0) is 12.8 Å². The number of hydrazine groups is 1. The zero-order chi connectivity index (χ0) is 13.5. The highest BCUT2D eigenvalue weighted by atomic mass is 15.3. The van der Waals surface area contributed by atoms with Crippen LogP contribution in [-0.4, -0.2) is 28.1 Å². The van der Waals surface area contributed by atoms with Crippen molar-refractivity contribution in [1.82, 2.24) is 20.3 Å². The van der Waals surface area contributed by atoms with Gasteiger partial charge in [0.2, 0.25) is 5.96 Å². The average Bonchev–Trinajstić information content (AvgIpc) is 2.84. The molecule has 1 heterocycles. The van der Waals surface area contributed by atoms with Gasteiger partial charge < -0.3 is 9.88 Å². The smallest absolute Gasteiger partial charge is 0.205 e. The molecule has 6 nitrogen and oxygen atoms in total. The van der Waals surface area contributed by atoms with Gasteiger partial charge in [0.1, 0.15) is 5.82 Å². The van der Waals surface area contributed by atoms with E-state index in [0.29, 0.717) is 18.5 Å². The number of nitrogens with two attached hydrogens (primary N) is 1. The van der Waals surface area contributed by atoms with Gasteiger partial charge >= 0.3 is 0 Å². The second kappa shape index (κ2) is 7.13. The molecule has 0 amide bonds. The van der Waals surface area contributed by atoms with Crippen LogP contribution in [0.4, 0.5) is 0 Å². The highest BCUT2D eigenvalue weighted by Gasteiger charge is 2.14. The van der Waals surface area contributed by atoms with Crippen molar-refractivity contribution in [2.45, 2.75) is 44.6 Å². The number of aryl methyl sites for hydroxylation is 1. The van der Waals surface area contributed by atoms with E-state index in [1.807, 2.05) is 17.8 Å². The molecule has 1 aliphatic rings. The maximum Gasteiger partial charge on any atom is 0.205 e. The lowest BCUT2D eigenvalue weighted by Gasteiger charge is -2.24. The van der Waals surface area contributed by atoms with Gasteiger partial charge in [-0.25, -0.2) is 10.8 Å². The average molecular weight is 264 g/mol. The van der Waals surface area contributed by atoms with E-state index in [4.69, 9.17) is 5.84 Å². The minimum absolute atomic E-state index is 0.511. The molecule has 2 rings (SSSR count). The Morgan fingerprint density at radius 1 is 1.47 bits per heavy atom. The molecule has 1 aliphatic carbocycles. The Bertz CT molecular complexity index is 405. The Morgan fingerprint density at radius 3 is 2.89 bits per heavy atom. The first-order valence-corrected chi connectivity index (χ1v) is 7.03. The van der Waals surface area contributed by atoms with E-state index in [9.17, 15) is 0 Å². The summed E-state index contributed by atoms with van der Waals surface area (Å²) < 4.78 is 2.01. The van der Waals surface area contributed by atoms with Gasteiger partial charge in [-0.15, -0.1) is 0 Å². The van der Waals surface area contributed by atoms with Crippen LogP contribution in [0.1, 0.15) is 37.9 Å². The third-order valence-electron chi connectivity index (χ3n) is 3.61. The zero-order valence-corrected chi connectivity index (χ0v) is 11.6. The molecule has 1 saturated carbocycles. The molecule has 1 aromatic rings. The quantitative estimate of drug-likeness (QED) is 0.324. The fraction of sp³-hybridized carbons (Fsp3) is 0.692. The van der Waals surface area contributed by atoms with Crippen LogP contribution in [0.3, 0.4) is 0 Å². The predicted octanol–water partition coefficient (Wildman–Crippen LogP) is 0.704. The fourth-order valence-electron chi connectivity index (χ4n) is 2.48. The van der Waals surface area contributed by atoms with Crippen molar-refractivity contribution in [1.29, 1.82) is 0 Å².